The first-order chi connectivity index (χ1) is 9.15. The van der Waals surface area contributed by atoms with Crippen LogP contribution < -0.4 is 5.32 Å². The maximum absolute atomic E-state index is 12.2. The van der Waals surface area contributed by atoms with Gasteiger partial charge < -0.3 is 14.3 Å². The molecule has 0 bridgehead atoms. The van der Waals surface area contributed by atoms with E-state index >= 15 is 0 Å². The molecule has 19 heavy (non-hydrogen) atoms. The van der Waals surface area contributed by atoms with Gasteiger partial charge >= 0.3 is 0 Å². The summed E-state index contributed by atoms with van der Waals surface area (Å²) in [4.78, 5) is 16.4. The zero-order chi connectivity index (χ0) is 13.4. The van der Waals surface area contributed by atoms with E-state index in [1.165, 1.54) is 0 Å². The third kappa shape index (κ3) is 1.99. The van der Waals surface area contributed by atoms with Gasteiger partial charge in [-0.3, -0.25) is 4.79 Å². The molecule has 3 aromatic heterocycles. The minimum absolute atomic E-state index is 0.202. The molecule has 5 nitrogen and oxygen atoms in total. The number of hydrogen-bond donors (Lipinski definition) is 1. The lowest BCUT2D eigenvalue weighted by Crippen LogP contribution is -2.16. The van der Waals surface area contributed by atoms with Gasteiger partial charge in [0.15, 0.2) is 5.58 Å². The summed E-state index contributed by atoms with van der Waals surface area (Å²) >= 11 is 0. The van der Waals surface area contributed by atoms with Gasteiger partial charge in [-0.1, -0.05) is 6.07 Å². The molecule has 0 unspecified atom stereocenters. The average molecular weight is 255 g/mol. The maximum Gasteiger partial charge on any atom is 0.273 e. The molecule has 3 rings (SSSR count). The Balaban J connectivity index is 1.91. The Morgan fingerprint density at radius 1 is 1.37 bits per heavy atom. The van der Waals surface area contributed by atoms with Crippen molar-refractivity contribution < 1.29 is 9.21 Å². The molecule has 0 aliphatic rings. The first-order valence-electron chi connectivity index (χ1n) is 5.93. The molecule has 0 spiro atoms. The van der Waals surface area contributed by atoms with E-state index in [9.17, 15) is 4.79 Å². The molecule has 1 N–H and O–H groups in total. The van der Waals surface area contributed by atoms with Crippen molar-refractivity contribution in [3.63, 3.8) is 0 Å². The number of hydrogen-bond acceptors (Lipinski definition) is 3. The van der Waals surface area contributed by atoms with Crippen LogP contribution in [0.5, 0.6) is 0 Å². The second-order valence-electron chi connectivity index (χ2n) is 4.38. The summed E-state index contributed by atoms with van der Waals surface area (Å²) < 4.78 is 7.08. The monoisotopic (exact) mass is 255 g/mol. The SMILES string of the molecule is Cc1cccc(NC(=O)c2cc3occc3n2C)n1. The van der Waals surface area contributed by atoms with E-state index in [1.54, 1.807) is 23.0 Å². The molecule has 3 aromatic rings. The van der Waals surface area contributed by atoms with Crippen LogP contribution >= 0.6 is 0 Å². The van der Waals surface area contributed by atoms with E-state index in [1.807, 2.05) is 32.2 Å². The summed E-state index contributed by atoms with van der Waals surface area (Å²) in [7, 11) is 1.83. The first kappa shape index (κ1) is 11.5. The zero-order valence-electron chi connectivity index (χ0n) is 10.7. The minimum atomic E-state index is -0.202. The number of rotatable bonds is 2. The quantitative estimate of drug-likeness (QED) is 0.766. The van der Waals surface area contributed by atoms with Gasteiger partial charge in [0.1, 0.15) is 11.5 Å². The largest absolute Gasteiger partial charge is 0.463 e. The smallest absolute Gasteiger partial charge is 0.273 e. The maximum atomic E-state index is 12.2. The highest BCUT2D eigenvalue weighted by Gasteiger charge is 2.15. The minimum Gasteiger partial charge on any atom is -0.463 e. The molecule has 0 aromatic carbocycles. The fraction of sp³-hybridized carbons (Fsp3) is 0.143. The van der Waals surface area contributed by atoms with Crippen LogP contribution in [-0.2, 0) is 7.05 Å². The molecule has 3 heterocycles. The number of carbonyl (C=O) groups is 1. The fourth-order valence-corrected chi connectivity index (χ4v) is 2.06. The lowest BCUT2D eigenvalue weighted by atomic mass is 10.3. The number of nitrogens with one attached hydrogen (secondary N) is 1. The molecule has 0 saturated carbocycles. The van der Waals surface area contributed by atoms with E-state index < -0.39 is 0 Å². The predicted octanol–water partition coefficient (Wildman–Crippen LogP) is 2.73. The molecule has 0 saturated heterocycles. The van der Waals surface area contributed by atoms with E-state index in [0.29, 0.717) is 17.1 Å². The second-order valence-corrected chi connectivity index (χ2v) is 4.38. The predicted molar refractivity (Wildman–Crippen MR) is 72.1 cm³/mol. The summed E-state index contributed by atoms with van der Waals surface area (Å²) in [5.74, 6) is 0.342. The molecule has 0 aliphatic heterocycles. The summed E-state index contributed by atoms with van der Waals surface area (Å²) in [6, 6.07) is 9.05. The van der Waals surface area contributed by atoms with Crippen molar-refractivity contribution in [2.24, 2.45) is 7.05 Å². The number of anilines is 1. The lowest BCUT2D eigenvalue weighted by Gasteiger charge is -2.06. The molecule has 0 radical (unpaired) electrons. The van der Waals surface area contributed by atoms with Gasteiger partial charge in [-0.15, -0.1) is 0 Å². The van der Waals surface area contributed by atoms with Gasteiger partial charge in [0, 0.05) is 24.9 Å². The normalized spacial score (nSPS) is 10.8. The summed E-state index contributed by atoms with van der Waals surface area (Å²) in [5, 5.41) is 2.78. The van der Waals surface area contributed by atoms with Crippen LogP contribution in [0.4, 0.5) is 5.82 Å². The Kier molecular flexibility index (Phi) is 2.59. The summed E-state index contributed by atoms with van der Waals surface area (Å²) in [6.45, 7) is 1.88. The highest BCUT2D eigenvalue weighted by molar-refractivity contribution is 6.05. The molecule has 0 aliphatic carbocycles. The van der Waals surface area contributed by atoms with Gasteiger partial charge in [0.2, 0.25) is 0 Å². The molecular formula is C14H13N3O2. The Hall–Kier alpha value is -2.56. The molecule has 96 valence electrons. The number of aryl methyl sites for hydroxylation is 2. The van der Waals surface area contributed by atoms with Crippen molar-refractivity contribution in [2.75, 3.05) is 5.32 Å². The van der Waals surface area contributed by atoms with E-state index in [2.05, 4.69) is 10.3 Å². The molecule has 0 atom stereocenters. The number of pyridine rings is 1. The van der Waals surface area contributed by atoms with Gasteiger partial charge in [-0.2, -0.15) is 0 Å². The topological polar surface area (TPSA) is 60.1 Å². The standard InChI is InChI=1S/C14H13N3O2/c1-9-4-3-5-13(15-9)16-14(18)11-8-12-10(17(11)2)6-7-19-12/h3-8H,1-2H3,(H,15,16,18). The Morgan fingerprint density at radius 3 is 2.95 bits per heavy atom. The van der Waals surface area contributed by atoms with Crippen molar-refractivity contribution in [3.8, 4) is 0 Å². The Labute approximate surface area is 109 Å². The van der Waals surface area contributed by atoms with Gasteiger partial charge in [-0.05, 0) is 19.1 Å². The number of aromatic nitrogens is 2. The lowest BCUT2D eigenvalue weighted by molar-refractivity contribution is 0.101. The van der Waals surface area contributed by atoms with Crippen molar-refractivity contribution in [2.45, 2.75) is 6.92 Å². The molecule has 5 heteroatoms. The van der Waals surface area contributed by atoms with Crippen molar-refractivity contribution in [3.05, 3.63) is 48.0 Å². The number of nitrogens with zero attached hydrogens (tertiary/aromatic N) is 2. The van der Waals surface area contributed by atoms with Crippen LogP contribution in [0.3, 0.4) is 0 Å². The third-order valence-corrected chi connectivity index (χ3v) is 3.03. The fourth-order valence-electron chi connectivity index (χ4n) is 2.06. The Morgan fingerprint density at radius 2 is 2.21 bits per heavy atom. The van der Waals surface area contributed by atoms with Gasteiger partial charge in [-0.25, -0.2) is 4.98 Å². The number of carbonyl (C=O) groups excluding carboxylic acids is 1. The second kappa shape index (κ2) is 4.28. The highest BCUT2D eigenvalue weighted by Crippen LogP contribution is 2.20. The van der Waals surface area contributed by atoms with Gasteiger partial charge in [0.05, 0.1) is 11.8 Å². The highest BCUT2D eigenvalue weighted by atomic mass is 16.3. The first-order valence-corrected chi connectivity index (χ1v) is 5.93. The van der Waals surface area contributed by atoms with Crippen LogP contribution in [-0.4, -0.2) is 15.5 Å². The molecule has 1 amide bonds. The molecular weight excluding hydrogens is 242 g/mol. The van der Waals surface area contributed by atoms with Crippen molar-refractivity contribution in [1.29, 1.82) is 0 Å². The number of fused-ring (bicyclic) bond motifs is 1. The number of furan rings is 1. The van der Waals surface area contributed by atoms with Crippen LogP contribution in [0.1, 0.15) is 16.2 Å². The molecule has 0 fully saturated rings. The Bertz CT molecular complexity index is 755. The van der Waals surface area contributed by atoms with Gasteiger partial charge in [0.25, 0.3) is 5.91 Å². The van der Waals surface area contributed by atoms with Crippen LogP contribution in [0.15, 0.2) is 41.0 Å². The van der Waals surface area contributed by atoms with E-state index in [-0.39, 0.29) is 5.91 Å². The third-order valence-electron chi connectivity index (χ3n) is 3.03. The summed E-state index contributed by atoms with van der Waals surface area (Å²) in [6.07, 6.45) is 1.61. The zero-order valence-corrected chi connectivity index (χ0v) is 10.7. The average Bonchev–Trinajstić information content (AvgIpc) is 2.93. The van der Waals surface area contributed by atoms with Crippen LogP contribution in [0.25, 0.3) is 11.1 Å². The number of amides is 1. The van der Waals surface area contributed by atoms with Crippen LogP contribution in [0, 0.1) is 6.92 Å². The van der Waals surface area contributed by atoms with E-state index in [0.717, 1.165) is 11.2 Å². The summed E-state index contributed by atoms with van der Waals surface area (Å²) in [5.41, 5.74) is 2.99. The van der Waals surface area contributed by atoms with Crippen LogP contribution in [0.2, 0.25) is 0 Å². The van der Waals surface area contributed by atoms with Crippen molar-refractivity contribution in [1.82, 2.24) is 9.55 Å². The van der Waals surface area contributed by atoms with E-state index in [4.69, 9.17) is 4.42 Å². The van der Waals surface area contributed by atoms with Crippen molar-refractivity contribution >= 4 is 22.8 Å².